The zero-order chi connectivity index (χ0) is 23.1. The van der Waals surface area contributed by atoms with E-state index in [-0.39, 0.29) is 0 Å². The van der Waals surface area contributed by atoms with Crippen LogP contribution < -0.4 is 0 Å². The number of aryl methyl sites for hydroxylation is 2. The molecule has 0 atom stereocenters. The Kier molecular flexibility index (Phi) is 4.92. The van der Waals surface area contributed by atoms with E-state index < -0.39 is 0 Å². The first-order valence-corrected chi connectivity index (χ1v) is 11.7. The molecule has 2 nitrogen and oxygen atoms in total. The fraction of sp³-hybridized carbons (Fsp3) is 0.0625. The molecule has 0 N–H and O–H groups in total. The number of aromatic nitrogens is 2. The molecule has 6 aromatic rings. The molecule has 164 valence electrons. The van der Waals surface area contributed by atoms with Crippen LogP contribution in [0, 0.1) is 13.8 Å². The summed E-state index contributed by atoms with van der Waals surface area (Å²) in [5.41, 5.74) is 12.0. The Morgan fingerprint density at radius 1 is 0.412 bits per heavy atom. The average Bonchev–Trinajstić information content (AvgIpc) is 3.41. The van der Waals surface area contributed by atoms with Crippen LogP contribution in [-0.2, 0) is 0 Å². The molecule has 0 saturated heterocycles. The van der Waals surface area contributed by atoms with E-state index in [4.69, 9.17) is 0 Å². The molecular formula is C32H26N2. The normalized spacial score (nSPS) is 11.2. The van der Waals surface area contributed by atoms with Crippen molar-refractivity contribution < 1.29 is 0 Å². The second-order valence-corrected chi connectivity index (χ2v) is 8.91. The van der Waals surface area contributed by atoms with Gasteiger partial charge in [-0.2, -0.15) is 0 Å². The fourth-order valence-corrected chi connectivity index (χ4v) is 4.89. The molecule has 2 aromatic heterocycles. The van der Waals surface area contributed by atoms with Crippen molar-refractivity contribution >= 4 is 11.0 Å². The summed E-state index contributed by atoms with van der Waals surface area (Å²) in [5.74, 6) is 0. The number of benzene rings is 4. The van der Waals surface area contributed by atoms with Gasteiger partial charge >= 0.3 is 0 Å². The molecule has 0 radical (unpaired) electrons. The van der Waals surface area contributed by atoms with Gasteiger partial charge in [0.2, 0.25) is 0 Å². The van der Waals surface area contributed by atoms with E-state index in [1.807, 2.05) is 0 Å². The zero-order valence-electron chi connectivity index (χ0n) is 19.4. The molecule has 34 heavy (non-hydrogen) atoms. The van der Waals surface area contributed by atoms with Crippen molar-refractivity contribution in [1.29, 1.82) is 0 Å². The van der Waals surface area contributed by atoms with Crippen LogP contribution in [0.3, 0.4) is 0 Å². The van der Waals surface area contributed by atoms with Crippen molar-refractivity contribution in [3.8, 4) is 33.9 Å². The maximum Gasteiger partial charge on any atom is 0.0724 e. The maximum absolute atomic E-state index is 2.40. The van der Waals surface area contributed by atoms with E-state index in [0.29, 0.717) is 0 Å². The van der Waals surface area contributed by atoms with Gasteiger partial charge in [-0.05, 0) is 72.5 Å². The minimum Gasteiger partial charge on any atom is -0.308 e. The number of rotatable bonds is 4. The van der Waals surface area contributed by atoms with Crippen molar-refractivity contribution in [2.45, 2.75) is 13.8 Å². The quantitative estimate of drug-likeness (QED) is 0.262. The van der Waals surface area contributed by atoms with Crippen LogP contribution in [0.5, 0.6) is 0 Å². The highest BCUT2D eigenvalue weighted by Crippen LogP contribution is 2.38. The minimum absolute atomic E-state index is 1.18. The lowest BCUT2D eigenvalue weighted by molar-refractivity contribution is 1.13. The SMILES string of the molecule is Cc1cccc(-n2c(-c3ccccc3)cc3c2cc(-c2ccccc2)n3-c2cccc(C)c2)c1. The van der Waals surface area contributed by atoms with Gasteiger partial charge < -0.3 is 9.13 Å². The number of fused-ring (bicyclic) bond motifs is 1. The standard InChI is InChI=1S/C32H26N2/c1-23-11-9-17-27(19-23)33-29(25-13-5-3-6-14-25)21-32-31(33)22-30(26-15-7-4-8-16-26)34(32)28-18-10-12-24(2)20-28/h3-22H,1-2H3. The van der Waals surface area contributed by atoms with Gasteiger partial charge in [-0.15, -0.1) is 0 Å². The van der Waals surface area contributed by atoms with E-state index in [1.165, 1.54) is 56.0 Å². The molecule has 4 aromatic carbocycles. The molecule has 0 amide bonds. The molecule has 0 fully saturated rings. The third-order valence-electron chi connectivity index (χ3n) is 6.43. The fourth-order valence-electron chi connectivity index (χ4n) is 4.89. The molecule has 0 spiro atoms. The highest BCUT2D eigenvalue weighted by atomic mass is 15.1. The van der Waals surface area contributed by atoms with Gasteiger partial charge in [0.05, 0.1) is 22.4 Å². The Balaban J connectivity index is 1.73. The van der Waals surface area contributed by atoms with Gasteiger partial charge in [0.25, 0.3) is 0 Å². The van der Waals surface area contributed by atoms with Gasteiger partial charge in [0.1, 0.15) is 0 Å². The molecule has 6 rings (SSSR count). The molecule has 0 aliphatic carbocycles. The predicted molar refractivity (Wildman–Crippen MR) is 143 cm³/mol. The van der Waals surface area contributed by atoms with E-state index in [2.05, 4.69) is 144 Å². The summed E-state index contributed by atoms with van der Waals surface area (Å²) in [5, 5.41) is 0. The van der Waals surface area contributed by atoms with Crippen molar-refractivity contribution in [3.05, 3.63) is 132 Å². The van der Waals surface area contributed by atoms with Crippen LogP contribution in [0.1, 0.15) is 11.1 Å². The highest BCUT2D eigenvalue weighted by Gasteiger charge is 2.20. The summed E-state index contributed by atoms with van der Waals surface area (Å²) in [6.45, 7) is 4.30. The smallest absolute Gasteiger partial charge is 0.0724 e. The van der Waals surface area contributed by atoms with Crippen molar-refractivity contribution in [2.24, 2.45) is 0 Å². The summed E-state index contributed by atoms with van der Waals surface area (Å²) < 4.78 is 4.80. The van der Waals surface area contributed by atoms with Crippen molar-refractivity contribution in [3.63, 3.8) is 0 Å². The van der Waals surface area contributed by atoms with E-state index in [1.54, 1.807) is 0 Å². The summed E-state index contributed by atoms with van der Waals surface area (Å²) >= 11 is 0. The zero-order valence-corrected chi connectivity index (χ0v) is 19.4. The molecule has 0 bridgehead atoms. The van der Waals surface area contributed by atoms with Gasteiger partial charge in [0.15, 0.2) is 0 Å². The topological polar surface area (TPSA) is 9.86 Å². The molecule has 0 aliphatic rings. The van der Waals surface area contributed by atoms with Crippen molar-refractivity contribution in [2.75, 3.05) is 0 Å². The van der Waals surface area contributed by atoms with Gasteiger partial charge in [-0.3, -0.25) is 0 Å². The summed E-state index contributed by atoms with van der Waals surface area (Å²) in [6.07, 6.45) is 0. The van der Waals surface area contributed by atoms with Crippen LogP contribution in [0.15, 0.2) is 121 Å². The summed E-state index contributed by atoms with van der Waals surface area (Å²) in [6, 6.07) is 43.5. The third kappa shape index (κ3) is 3.45. The predicted octanol–water partition coefficient (Wildman–Crippen LogP) is 8.37. The molecule has 2 heteroatoms. The minimum atomic E-state index is 1.18. The Labute approximate surface area is 200 Å². The highest BCUT2D eigenvalue weighted by molar-refractivity contribution is 5.93. The summed E-state index contributed by atoms with van der Waals surface area (Å²) in [4.78, 5) is 0. The first kappa shape index (κ1) is 20.3. The first-order valence-electron chi connectivity index (χ1n) is 11.7. The molecule has 0 aliphatic heterocycles. The first-order chi connectivity index (χ1) is 16.7. The lowest BCUT2D eigenvalue weighted by Gasteiger charge is -2.12. The largest absolute Gasteiger partial charge is 0.308 e. The monoisotopic (exact) mass is 438 g/mol. The van der Waals surface area contributed by atoms with Crippen LogP contribution in [0.25, 0.3) is 44.9 Å². The van der Waals surface area contributed by atoms with E-state index in [9.17, 15) is 0 Å². The van der Waals surface area contributed by atoms with Gasteiger partial charge in [-0.25, -0.2) is 0 Å². The lowest BCUT2D eigenvalue weighted by Crippen LogP contribution is -1.97. The second-order valence-electron chi connectivity index (χ2n) is 8.91. The number of nitrogens with zero attached hydrogens (tertiary/aromatic N) is 2. The van der Waals surface area contributed by atoms with Gasteiger partial charge in [-0.1, -0.05) is 84.9 Å². The third-order valence-corrected chi connectivity index (χ3v) is 6.43. The van der Waals surface area contributed by atoms with Crippen LogP contribution >= 0.6 is 0 Å². The molecule has 2 heterocycles. The Morgan fingerprint density at radius 3 is 1.21 bits per heavy atom. The lowest BCUT2D eigenvalue weighted by atomic mass is 10.1. The second kappa shape index (κ2) is 8.24. The van der Waals surface area contributed by atoms with E-state index >= 15 is 0 Å². The Morgan fingerprint density at radius 2 is 0.824 bits per heavy atom. The molecule has 0 saturated carbocycles. The number of hydrogen-bond donors (Lipinski definition) is 0. The maximum atomic E-state index is 2.40. The summed E-state index contributed by atoms with van der Waals surface area (Å²) in [7, 11) is 0. The van der Waals surface area contributed by atoms with Crippen LogP contribution in [0.2, 0.25) is 0 Å². The van der Waals surface area contributed by atoms with Crippen LogP contribution in [-0.4, -0.2) is 9.13 Å². The van der Waals surface area contributed by atoms with Crippen molar-refractivity contribution in [1.82, 2.24) is 9.13 Å². The molecule has 0 unspecified atom stereocenters. The van der Waals surface area contributed by atoms with Crippen LogP contribution in [0.4, 0.5) is 0 Å². The number of hydrogen-bond acceptors (Lipinski definition) is 0. The molecular weight excluding hydrogens is 412 g/mol. The average molecular weight is 439 g/mol. The van der Waals surface area contributed by atoms with Gasteiger partial charge in [0, 0.05) is 11.4 Å². The Bertz CT molecular complexity index is 1480. The Hall–Kier alpha value is -4.30. The van der Waals surface area contributed by atoms with E-state index in [0.717, 1.165) is 0 Å².